The van der Waals surface area contributed by atoms with Gasteiger partial charge in [0.15, 0.2) is 0 Å². The van der Waals surface area contributed by atoms with Gasteiger partial charge in [0, 0.05) is 5.56 Å². The number of halogens is 1. The summed E-state index contributed by atoms with van der Waals surface area (Å²) < 4.78 is 5.16. The van der Waals surface area contributed by atoms with Crippen LogP contribution < -0.4 is 0 Å². The maximum atomic E-state index is 10.8. The van der Waals surface area contributed by atoms with E-state index in [0.29, 0.717) is 16.3 Å². The fourth-order valence-corrected chi connectivity index (χ4v) is 1.49. The minimum Gasteiger partial charge on any atom is -0.478 e. The van der Waals surface area contributed by atoms with Crippen molar-refractivity contribution in [1.29, 1.82) is 0 Å². The topological polar surface area (TPSA) is 50.4 Å². The molecule has 15 heavy (non-hydrogen) atoms. The maximum Gasteiger partial charge on any atom is 0.335 e. The lowest BCUT2D eigenvalue weighted by molar-refractivity contribution is 0.0697. The van der Waals surface area contributed by atoms with Crippen molar-refractivity contribution in [1.82, 2.24) is 0 Å². The molecule has 0 radical (unpaired) electrons. The Kier molecular flexibility index (Phi) is 2.47. The van der Waals surface area contributed by atoms with Gasteiger partial charge in [-0.2, -0.15) is 0 Å². The molecule has 1 heterocycles. The Morgan fingerprint density at radius 1 is 1.33 bits per heavy atom. The molecule has 0 aliphatic carbocycles. The number of aromatic carboxylic acids is 1. The van der Waals surface area contributed by atoms with Crippen LogP contribution in [-0.4, -0.2) is 11.1 Å². The lowest BCUT2D eigenvalue weighted by Gasteiger charge is -2.02. The maximum absolute atomic E-state index is 10.8. The number of rotatable bonds is 2. The second-order valence-electron chi connectivity index (χ2n) is 2.98. The molecule has 0 amide bonds. The summed E-state index contributed by atoms with van der Waals surface area (Å²) in [5, 5.41) is 9.29. The van der Waals surface area contributed by atoms with E-state index in [1.165, 1.54) is 18.4 Å². The van der Waals surface area contributed by atoms with Crippen LogP contribution in [0, 0.1) is 0 Å². The van der Waals surface area contributed by atoms with Crippen LogP contribution in [0.4, 0.5) is 0 Å². The van der Waals surface area contributed by atoms with Crippen LogP contribution in [0.2, 0.25) is 5.02 Å². The lowest BCUT2D eigenvalue weighted by Crippen LogP contribution is -1.96. The fourth-order valence-electron chi connectivity index (χ4n) is 1.28. The highest BCUT2D eigenvalue weighted by molar-refractivity contribution is 6.33. The lowest BCUT2D eigenvalue weighted by atomic mass is 10.1. The van der Waals surface area contributed by atoms with E-state index in [2.05, 4.69) is 0 Å². The van der Waals surface area contributed by atoms with E-state index < -0.39 is 5.97 Å². The predicted molar refractivity (Wildman–Crippen MR) is 56.1 cm³/mol. The van der Waals surface area contributed by atoms with Crippen molar-refractivity contribution in [2.24, 2.45) is 0 Å². The van der Waals surface area contributed by atoms with Gasteiger partial charge < -0.3 is 9.52 Å². The number of carboxylic acid groups (broad SMARTS) is 1. The zero-order chi connectivity index (χ0) is 10.8. The molecule has 0 aliphatic rings. The van der Waals surface area contributed by atoms with Gasteiger partial charge >= 0.3 is 5.97 Å². The van der Waals surface area contributed by atoms with Crippen molar-refractivity contribution >= 4 is 17.6 Å². The Hall–Kier alpha value is -1.74. The molecule has 1 aromatic heterocycles. The second-order valence-corrected chi connectivity index (χ2v) is 3.38. The monoisotopic (exact) mass is 222 g/mol. The average molecular weight is 223 g/mol. The number of benzene rings is 1. The van der Waals surface area contributed by atoms with Gasteiger partial charge in [0.25, 0.3) is 0 Å². The molecule has 2 aromatic rings. The molecule has 0 saturated heterocycles. The van der Waals surface area contributed by atoms with E-state index in [1.807, 2.05) is 0 Å². The van der Waals surface area contributed by atoms with Gasteiger partial charge in [-0.1, -0.05) is 11.6 Å². The Balaban J connectivity index is 2.55. The summed E-state index contributed by atoms with van der Waals surface area (Å²) in [6.07, 6.45) is 1.51. The van der Waals surface area contributed by atoms with Crippen molar-refractivity contribution in [2.45, 2.75) is 0 Å². The number of carbonyl (C=O) groups is 1. The zero-order valence-corrected chi connectivity index (χ0v) is 8.36. The van der Waals surface area contributed by atoms with E-state index in [-0.39, 0.29) is 5.56 Å². The Labute approximate surface area is 90.9 Å². The summed E-state index contributed by atoms with van der Waals surface area (Å²) >= 11 is 5.94. The molecule has 0 atom stereocenters. The molecule has 0 saturated carbocycles. The van der Waals surface area contributed by atoms with Crippen LogP contribution in [0.3, 0.4) is 0 Å². The molecule has 2 rings (SSSR count). The van der Waals surface area contributed by atoms with Crippen molar-refractivity contribution in [3.05, 3.63) is 47.2 Å². The molecule has 4 heteroatoms. The molecule has 0 aliphatic heterocycles. The van der Waals surface area contributed by atoms with Crippen LogP contribution >= 0.6 is 11.6 Å². The second kappa shape index (κ2) is 3.79. The van der Waals surface area contributed by atoms with Crippen molar-refractivity contribution in [3.63, 3.8) is 0 Å². The molecule has 0 spiro atoms. The summed E-state index contributed by atoms with van der Waals surface area (Å²) in [5.74, 6) is -0.428. The quantitative estimate of drug-likeness (QED) is 0.848. The molecule has 0 fully saturated rings. The normalized spacial score (nSPS) is 10.2. The molecule has 76 valence electrons. The first kappa shape index (κ1) is 9.80. The fraction of sp³-hybridized carbons (Fsp3) is 0. The highest BCUT2D eigenvalue weighted by atomic mass is 35.5. The average Bonchev–Trinajstić information content (AvgIpc) is 2.71. The molecule has 3 nitrogen and oxygen atoms in total. The van der Waals surface area contributed by atoms with Gasteiger partial charge in [-0.05, 0) is 30.3 Å². The highest BCUT2D eigenvalue weighted by Crippen LogP contribution is 2.29. The van der Waals surface area contributed by atoms with E-state index in [4.69, 9.17) is 21.1 Å². The zero-order valence-electron chi connectivity index (χ0n) is 7.61. The largest absolute Gasteiger partial charge is 0.478 e. The van der Waals surface area contributed by atoms with Gasteiger partial charge in [0.05, 0.1) is 16.8 Å². The van der Waals surface area contributed by atoms with Crippen LogP contribution in [-0.2, 0) is 0 Å². The minimum atomic E-state index is -0.987. The molecule has 0 unspecified atom stereocenters. The third kappa shape index (κ3) is 1.87. The van der Waals surface area contributed by atoms with Crippen molar-refractivity contribution in [3.8, 4) is 11.3 Å². The third-order valence-electron chi connectivity index (χ3n) is 2.00. The van der Waals surface area contributed by atoms with Crippen LogP contribution in [0.15, 0.2) is 41.0 Å². The molecule has 1 N–H and O–H groups in total. The smallest absolute Gasteiger partial charge is 0.335 e. The van der Waals surface area contributed by atoms with Gasteiger partial charge in [-0.3, -0.25) is 0 Å². The highest BCUT2D eigenvalue weighted by Gasteiger charge is 2.10. The summed E-state index contributed by atoms with van der Waals surface area (Å²) in [7, 11) is 0. The summed E-state index contributed by atoms with van der Waals surface area (Å²) in [5.41, 5.74) is 0.771. The van der Waals surface area contributed by atoms with Crippen molar-refractivity contribution < 1.29 is 14.3 Å². The van der Waals surface area contributed by atoms with E-state index in [0.717, 1.165) is 0 Å². The molecule has 1 aromatic carbocycles. The van der Waals surface area contributed by atoms with Crippen LogP contribution in [0.1, 0.15) is 10.4 Å². The Morgan fingerprint density at radius 3 is 2.73 bits per heavy atom. The van der Waals surface area contributed by atoms with E-state index in [9.17, 15) is 4.79 Å². The van der Waals surface area contributed by atoms with Crippen molar-refractivity contribution in [2.75, 3.05) is 0 Å². The van der Waals surface area contributed by atoms with Gasteiger partial charge in [-0.25, -0.2) is 4.79 Å². The first-order valence-corrected chi connectivity index (χ1v) is 4.63. The summed E-state index contributed by atoms with van der Waals surface area (Å²) in [6.45, 7) is 0. The van der Waals surface area contributed by atoms with Gasteiger partial charge in [0.2, 0.25) is 0 Å². The number of carboxylic acids is 1. The SMILES string of the molecule is O=C(O)c1ccc(Cl)c(-c2ccco2)c1. The van der Waals surface area contributed by atoms with Crippen LogP contribution in [0.25, 0.3) is 11.3 Å². The van der Waals surface area contributed by atoms with Crippen LogP contribution in [0.5, 0.6) is 0 Å². The minimum absolute atomic E-state index is 0.186. The third-order valence-corrected chi connectivity index (χ3v) is 2.33. The Morgan fingerprint density at radius 2 is 2.13 bits per heavy atom. The van der Waals surface area contributed by atoms with E-state index in [1.54, 1.807) is 18.2 Å². The predicted octanol–water partition coefficient (Wildman–Crippen LogP) is 3.30. The summed E-state index contributed by atoms with van der Waals surface area (Å²) in [6, 6.07) is 7.94. The number of hydrogen-bond acceptors (Lipinski definition) is 2. The van der Waals surface area contributed by atoms with Gasteiger partial charge in [-0.15, -0.1) is 0 Å². The standard InChI is InChI=1S/C11H7ClO3/c12-9-4-3-7(11(13)14)6-8(9)10-2-1-5-15-10/h1-6H,(H,13,14). The molecular formula is C11H7ClO3. The first-order chi connectivity index (χ1) is 7.18. The summed E-state index contributed by atoms with van der Waals surface area (Å²) in [4.78, 5) is 10.8. The van der Waals surface area contributed by atoms with Gasteiger partial charge in [0.1, 0.15) is 5.76 Å². The van der Waals surface area contributed by atoms with E-state index >= 15 is 0 Å². The molecule has 0 bridgehead atoms. The number of furan rings is 1. The Bertz CT molecular complexity index is 489. The first-order valence-electron chi connectivity index (χ1n) is 4.25. The molecular weight excluding hydrogens is 216 g/mol. The number of hydrogen-bond donors (Lipinski definition) is 1.